The highest BCUT2D eigenvalue weighted by atomic mass is 32.1. The van der Waals surface area contributed by atoms with Gasteiger partial charge in [-0.2, -0.15) is 11.3 Å². The predicted octanol–water partition coefficient (Wildman–Crippen LogP) is 2.57. The Labute approximate surface area is 172 Å². The van der Waals surface area contributed by atoms with Crippen LogP contribution < -0.4 is 0 Å². The number of likely N-dealkylation sites (N-methyl/N-ethyl adjacent to an activating group) is 1. The number of fused-ring (bicyclic) bond motifs is 1. The number of hydrogen-bond acceptors (Lipinski definition) is 6. The first-order valence-electron chi connectivity index (χ1n) is 9.20. The summed E-state index contributed by atoms with van der Waals surface area (Å²) >= 11 is 1.54. The van der Waals surface area contributed by atoms with Crippen LogP contribution in [-0.4, -0.2) is 53.2 Å². The van der Waals surface area contributed by atoms with E-state index in [-0.39, 0.29) is 23.0 Å². The van der Waals surface area contributed by atoms with Crippen molar-refractivity contribution in [2.75, 3.05) is 13.7 Å². The molecule has 0 saturated heterocycles. The second-order valence-electron chi connectivity index (χ2n) is 7.20. The zero-order valence-corrected chi connectivity index (χ0v) is 17.3. The number of benzene rings is 1. The van der Waals surface area contributed by atoms with E-state index in [1.165, 1.54) is 16.2 Å². The summed E-state index contributed by atoms with van der Waals surface area (Å²) in [4.78, 5) is 52.8. The van der Waals surface area contributed by atoms with Gasteiger partial charge >= 0.3 is 5.97 Å². The molecule has 0 radical (unpaired) electrons. The summed E-state index contributed by atoms with van der Waals surface area (Å²) in [6.45, 7) is 3.40. The summed E-state index contributed by atoms with van der Waals surface area (Å²) in [6.07, 6.45) is 0. The Balaban J connectivity index is 1.67. The van der Waals surface area contributed by atoms with Gasteiger partial charge in [-0.3, -0.25) is 19.3 Å². The molecule has 0 spiro atoms. The van der Waals surface area contributed by atoms with E-state index in [0.717, 1.165) is 10.5 Å². The smallest absolute Gasteiger partial charge is 0.330 e. The maximum atomic E-state index is 12.7. The number of carbonyl (C=O) groups excluding carboxylic acids is 4. The standard InChI is InChI=1S/C21H22N2O5S/c1-13(2)18(23-19(25)15-6-4-5-7-16(15)20(23)26)21(27)28-11-17(24)22(3)10-14-8-9-29-12-14/h4-9,12-13,18H,10-11H2,1-3H3/t18-/m0/s1. The number of ether oxygens (including phenoxy) is 1. The number of hydrogen-bond donors (Lipinski definition) is 0. The van der Waals surface area contributed by atoms with Gasteiger partial charge in [-0.15, -0.1) is 0 Å². The normalized spacial score (nSPS) is 14.1. The maximum Gasteiger partial charge on any atom is 0.330 e. The molecule has 1 aromatic heterocycles. The molecular weight excluding hydrogens is 392 g/mol. The molecule has 152 valence electrons. The van der Waals surface area contributed by atoms with Crippen LogP contribution in [0.4, 0.5) is 0 Å². The van der Waals surface area contributed by atoms with Crippen LogP contribution in [-0.2, 0) is 20.9 Å². The maximum absolute atomic E-state index is 12.7. The topological polar surface area (TPSA) is 84.0 Å². The average Bonchev–Trinajstić information content (AvgIpc) is 3.29. The first-order chi connectivity index (χ1) is 13.8. The fraction of sp³-hybridized carbons (Fsp3) is 0.333. The second-order valence-corrected chi connectivity index (χ2v) is 7.98. The fourth-order valence-electron chi connectivity index (χ4n) is 3.21. The molecule has 8 heteroatoms. The summed E-state index contributed by atoms with van der Waals surface area (Å²) in [6, 6.07) is 7.26. The van der Waals surface area contributed by atoms with E-state index in [2.05, 4.69) is 0 Å². The van der Waals surface area contributed by atoms with E-state index >= 15 is 0 Å². The molecule has 2 aromatic rings. The third-order valence-corrected chi connectivity index (χ3v) is 5.47. The number of rotatable bonds is 7. The Morgan fingerprint density at radius 1 is 1.10 bits per heavy atom. The largest absolute Gasteiger partial charge is 0.454 e. The van der Waals surface area contributed by atoms with Crippen molar-refractivity contribution < 1.29 is 23.9 Å². The molecule has 0 unspecified atom stereocenters. The zero-order chi connectivity index (χ0) is 21.1. The van der Waals surface area contributed by atoms with Gasteiger partial charge < -0.3 is 9.64 Å². The molecule has 2 heterocycles. The summed E-state index contributed by atoms with van der Waals surface area (Å²) in [7, 11) is 1.62. The molecular formula is C21H22N2O5S. The Hall–Kier alpha value is -3.00. The van der Waals surface area contributed by atoms with Gasteiger partial charge in [0.05, 0.1) is 11.1 Å². The molecule has 3 rings (SSSR count). The number of thiophene rings is 1. The summed E-state index contributed by atoms with van der Waals surface area (Å²) in [5.41, 5.74) is 1.52. The van der Waals surface area contributed by atoms with Crippen LogP contribution in [0.3, 0.4) is 0 Å². The molecule has 0 fully saturated rings. The van der Waals surface area contributed by atoms with Gasteiger partial charge in [0.15, 0.2) is 6.61 Å². The number of amides is 3. The van der Waals surface area contributed by atoms with Crippen LogP contribution >= 0.6 is 11.3 Å². The van der Waals surface area contributed by atoms with Crippen molar-refractivity contribution in [3.63, 3.8) is 0 Å². The van der Waals surface area contributed by atoms with Crippen LogP contribution in [0.1, 0.15) is 40.1 Å². The Morgan fingerprint density at radius 3 is 2.24 bits per heavy atom. The molecule has 0 bridgehead atoms. The monoisotopic (exact) mass is 414 g/mol. The average molecular weight is 414 g/mol. The number of esters is 1. The summed E-state index contributed by atoms with van der Waals surface area (Å²) in [5, 5.41) is 3.86. The van der Waals surface area contributed by atoms with Gasteiger partial charge in [0.25, 0.3) is 17.7 Å². The van der Waals surface area contributed by atoms with E-state index in [9.17, 15) is 19.2 Å². The fourth-order valence-corrected chi connectivity index (χ4v) is 3.87. The van der Waals surface area contributed by atoms with Crippen molar-refractivity contribution in [1.82, 2.24) is 9.80 Å². The Bertz CT molecular complexity index is 903. The van der Waals surface area contributed by atoms with Crippen LogP contribution in [0.15, 0.2) is 41.1 Å². The minimum absolute atomic E-state index is 0.266. The molecule has 1 aliphatic rings. The van der Waals surface area contributed by atoms with E-state index in [4.69, 9.17) is 4.74 Å². The van der Waals surface area contributed by atoms with Crippen molar-refractivity contribution in [3.8, 4) is 0 Å². The van der Waals surface area contributed by atoms with Gasteiger partial charge in [-0.1, -0.05) is 26.0 Å². The van der Waals surface area contributed by atoms with E-state index in [1.807, 2.05) is 16.8 Å². The lowest BCUT2D eigenvalue weighted by Gasteiger charge is -2.27. The lowest BCUT2D eigenvalue weighted by atomic mass is 10.0. The molecule has 0 N–H and O–H groups in total. The van der Waals surface area contributed by atoms with Gasteiger partial charge in [0.1, 0.15) is 6.04 Å². The molecule has 7 nitrogen and oxygen atoms in total. The van der Waals surface area contributed by atoms with Crippen LogP contribution in [0.25, 0.3) is 0 Å². The highest BCUT2D eigenvalue weighted by Crippen LogP contribution is 2.27. The summed E-state index contributed by atoms with van der Waals surface area (Å²) in [5.74, 6) is -2.56. The highest BCUT2D eigenvalue weighted by molar-refractivity contribution is 7.07. The van der Waals surface area contributed by atoms with Crippen molar-refractivity contribution in [2.24, 2.45) is 5.92 Å². The van der Waals surface area contributed by atoms with E-state index in [1.54, 1.807) is 45.2 Å². The van der Waals surface area contributed by atoms with Gasteiger partial charge in [-0.05, 0) is 40.4 Å². The molecule has 0 aliphatic carbocycles. The number of nitrogens with zero attached hydrogens (tertiary/aromatic N) is 2. The third kappa shape index (κ3) is 4.22. The number of imide groups is 1. The van der Waals surface area contributed by atoms with Crippen molar-refractivity contribution in [3.05, 3.63) is 57.8 Å². The summed E-state index contributed by atoms with van der Waals surface area (Å²) < 4.78 is 5.20. The first-order valence-corrected chi connectivity index (χ1v) is 10.1. The minimum atomic E-state index is -1.10. The first kappa shape index (κ1) is 20.7. The van der Waals surface area contributed by atoms with Crippen molar-refractivity contribution >= 4 is 35.0 Å². The molecule has 1 atom stereocenters. The lowest BCUT2D eigenvalue weighted by molar-refractivity contribution is -0.156. The van der Waals surface area contributed by atoms with E-state index in [0.29, 0.717) is 6.54 Å². The molecule has 3 amide bonds. The van der Waals surface area contributed by atoms with Crippen molar-refractivity contribution in [2.45, 2.75) is 26.4 Å². The molecule has 0 saturated carbocycles. The lowest BCUT2D eigenvalue weighted by Crippen LogP contribution is -2.49. The number of carbonyl (C=O) groups is 4. The van der Waals surface area contributed by atoms with Gasteiger partial charge in [0, 0.05) is 13.6 Å². The van der Waals surface area contributed by atoms with E-state index < -0.39 is 30.4 Å². The van der Waals surface area contributed by atoms with Gasteiger partial charge in [0.2, 0.25) is 0 Å². The zero-order valence-electron chi connectivity index (χ0n) is 16.5. The Kier molecular flexibility index (Phi) is 6.12. The quantitative estimate of drug-likeness (QED) is 0.514. The van der Waals surface area contributed by atoms with Crippen LogP contribution in [0.5, 0.6) is 0 Å². The van der Waals surface area contributed by atoms with Crippen LogP contribution in [0.2, 0.25) is 0 Å². The molecule has 1 aromatic carbocycles. The SMILES string of the molecule is CC(C)[C@@H](C(=O)OCC(=O)N(C)Cc1ccsc1)N1C(=O)c2ccccc2C1=O. The highest BCUT2D eigenvalue weighted by Gasteiger charge is 2.44. The minimum Gasteiger partial charge on any atom is -0.454 e. The molecule has 29 heavy (non-hydrogen) atoms. The van der Waals surface area contributed by atoms with Crippen molar-refractivity contribution in [1.29, 1.82) is 0 Å². The Morgan fingerprint density at radius 2 is 1.72 bits per heavy atom. The van der Waals surface area contributed by atoms with Crippen LogP contribution in [0, 0.1) is 5.92 Å². The predicted molar refractivity (Wildman–Crippen MR) is 107 cm³/mol. The second kappa shape index (κ2) is 8.57. The third-order valence-electron chi connectivity index (χ3n) is 4.74. The molecule has 1 aliphatic heterocycles. The van der Waals surface area contributed by atoms with Gasteiger partial charge in [-0.25, -0.2) is 4.79 Å².